The van der Waals surface area contributed by atoms with E-state index < -0.39 is 0 Å². The number of hydrogen-bond acceptors (Lipinski definition) is 3. The van der Waals surface area contributed by atoms with Crippen LogP contribution >= 0.6 is 0 Å². The zero-order valence-corrected chi connectivity index (χ0v) is 8.46. The molecule has 1 aliphatic carbocycles. The molecule has 0 amide bonds. The van der Waals surface area contributed by atoms with Gasteiger partial charge in [0.1, 0.15) is 0 Å². The molecule has 0 spiro atoms. The van der Waals surface area contributed by atoms with Gasteiger partial charge in [0.2, 0.25) is 0 Å². The highest BCUT2D eigenvalue weighted by atomic mass is 16.5. The first-order valence-electron chi connectivity index (χ1n) is 5.38. The van der Waals surface area contributed by atoms with Gasteiger partial charge in [0.15, 0.2) is 0 Å². The third kappa shape index (κ3) is 2.66. The third-order valence-corrected chi connectivity index (χ3v) is 3.08. The summed E-state index contributed by atoms with van der Waals surface area (Å²) in [6.45, 7) is 4.10. The van der Waals surface area contributed by atoms with Crippen LogP contribution in [0.4, 0.5) is 0 Å². The highest BCUT2D eigenvalue weighted by Gasteiger charge is 2.21. The van der Waals surface area contributed by atoms with Crippen LogP contribution in [0.1, 0.15) is 19.3 Å². The van der Waals surface area contributed by atoms with Crippen molar-refractivity contribution in [2.24, 2.45) is 0 Å². The van der Waals surface area contributed by atoms with E-state index in [2.05, 4.69) is 17.3 Å². The zero-order chi connectivity index (χ0) is 9.10. The summed E-state index contributed by atoms with van der Waals surface area (Å²) in [4.78, 5) is 2.34. The Morgan fingerprint density at radius 1 is 1.46 bits per heavy atom. The molecule has 0 radical (unpaired) electrons. The van der Waals surface area contributed by atoms with E-state index in [-0.39, 0.29) is 0 Å². The molecule has 76 valence electrons. The van der Waals surface area contributed by atoms with Crippen LogP contribution < -0.4 is 5.32 Å². The van der Waals surface area contributed by atoms with Crippen molar-refractivity contribution in [1.82, 2.24) is 10.2 Å². The molecule has 1 aliphatic heterocycles. The van der Waals surface area contributed by atoms with Crippen molar-refractivity contribution in [2.45, 2.75) is 31.4 Å². The van der Waals surface area contributed by atoms with Gasteiger partial charge in [-0.15, -0.1) is 0 Å². The van der Waals surface area contributed by atoms with E-state index in [1.54, 1.807) is 0 Å². The number of morpholine rings is 1. The van der Waals surface area contributed by atoms with E-state index in [0.717, 1.165) is 32.3 Å². The number of ether oxygens (including phenoxy) is 1. The lowest BCUT2D eigenvalue weighted by Crippen LogP contribution is -2.48. The lowest BCUT2D eigenvalue weighted by atomic mass is 9.93. The minimum absolute atomic E-state index is 0.416. The largest absolute Gasteiger partial charge is 0.374 e. The van der Waals surface area contributed by atoms with Crippen LogP contribution in [-0.4, -0.2) is 50.3 Å². The van der Waals surface area contributed by atoms with Crippen molar-refractivity contribution in [3.8, 4) is 0 Å². The molecule has 1 heterocycles. The Labute approximate surface area is 80.4 Å². The molecular weight excluding hydrogens is 164 g/mol. The molecule has 3 heteroatoms. The first-order valence-corrected chi connectivity index (χ1v) is 5.38. The molecule has 1 saturated carbocycles. The van der Waals surface area contributed by atoms with Crippen LogP contribution in [0.15, 0.2) is 0 Å². The van der Waals surface area contributed by atoms with Gasteiger partial charge in [-0.2, -0.15) is 0 Å². The summed E-state index contributed by atoms with van der Waals surface area (Å²) in [7, 11) is 2.17. The van der Waals surface area contributed by atoms with Crippen molar-refractivity contribution < 1.29 is 4.74 Å². The lowest BCUT2D eigenvalue weighted by molar-refractivity contribution is -0.0203. The molecule has 2 rings (SSSR count). The van der Waals surface area contributed by atoms with Gasteiger partial charge < -0.3 is 15.0 Å². The summed E-state index contributed by atoms with van der Waals surface area (Å²) in [6, 6.07) is 0.788. The monoisotopic (exact) mass is 184 g/mol. The Balaban J connectivity index is 1.62. The molecule has 0 aromatic heterocycles. The molecule has 2 fully saturated rings. The second-order valence-electron chi connectivity index (χ2n) is 4.29. The van der Waals surface area contributed by atoms with Crippen LogP contribution in [0.2, 0.25) is 0 Å². The predicted octanol–water partition coefficient (Wildman–Crippen LogP) is 0.459. The Hall–Kier alpha value is -0.120. The molecule has 0 aromatic rings. The van der Waals surface area contributed by atoms with Gasteiger partial charge in [0.05, 0.1) is 12.7 Å². The number of rotatable bonds is 3. The Kier molecular flexibility index (Phi) is 3.19. The van der Waals surface area contributed by atoms with E-state index in [0.29, 0.717) is 6.10 Å². The van der Waals surface area contributed by atoms with Gasteiger partial charge in [-0.25, -0.2) is 0 Å². The minimum Gasteiger partial charge on any atom is -0.374 e. The number of hydrogen-bond donors (Lipinski definition) is 1. The van der Waals surface area contributed by atoms with E-state index >= 15 is 0 Å². The second-order valence-corrected chi connectivity index (χ2v) is 4.29. The van der Waals surface area contributed by atoms with Crippen molar-refractivity contribution in [1.29, 1.82) is 0 Å². The predicted molar refractivity (Wildman–Crippen MR) is 52.9 cm³/mol. The average Bonchev–Trinajstić information content (AvgIpc) is 2.01. The zero-order valence-electron chi connectivity index (χ0n) is 8.46. The lowest BCUT2D eigenvalue weighted by Gasteiger charge is -2.33. The molecule has 1 atom stereocenters. The van der Waals surface area contributed by atoms with Crippen molar-refractivity contribution in [3.63, 3.8) is 0 Å². The normalized spacial score (nSPS) is 31.6. The molecule has 0 unspecified atom stereocenters. The van der Waals surface area contributed by atoms with Crippen LogP contribution in [0, 0.1) is 0 Å². The van der Waals surface area contributed by atoms with E-state index in [1.165, 1.54) is 19.3 Å². The van der Waals surface area contributed by atoms with Crippen LogP contribution in [0.3, 0.4) is 0 Å². The first-order chi connectivity index (χ1) is 6.34. The Morgan fingerprint density at radius 2 is 2.31 bits per heavy atom. The molecule has 3 nitrogen and oxygen atoms in total. The summed E-state index contributed by atoms with van der Waals surface area (Å²) in [5, 5.41) is 3.56. The summed E-state index contributed by atoms with van der Waals surface area (Å²) in [6.07, 6.45) is 4.55. The van der Waals surface area contributed by atoms with Gasteiger partial charge in [0.25, 0.3) is 0 Å². The van der Waals surface area contributed by atoms with E-state index in [9.17, 15) is 0 Å². The molecule has 1 saturated heterocycles. The van der Waals surface area contributed by atoms with E-state index in [1.807, 2.05) is 0 Å². The van der Waals surface area contributed by atoms with Crippen LogP contribution in [0.25, 0.3) is 0 Å². The summed E-state index contributed by atoms with van der Waals surface area (Å²) >= 11 is 0. The third-order valence-electron chi connectivity index (χ3n) is 3.08. The maximum Gasteiger partial charge on any atom is 0.0826 e. The summed E-state index contributed by atoms with van der Waals surface area (Å²) in [5.41, 5.74) is 0. The van der Waals surface area contributed by atoms with Crippen molar-refractivity contribution in [3.05, 3.63) is 0 Å². The average molecular weight is 184 g/mol. The van der Waals surface area contributed by atoms with Crippen molar-refractivity contribution >= 4 is 0 Å². The summed E-state index contributed by atoms with van der Waals surface area (Å²) in [5.74, 6) is 0. The smallest absolute Gasteiger partial charge is 0.0826 e. The molecule has 0 bridgehead atoms. The van der Waals surface area contributed by atoms with E-state index in [4.69, 9.17) is 4.74 Å². The highest BCUT2D eigenvalue weighted by Crippen LogP contribution is 2.18. The molecule has 2 aliphatic rings. The summed E-state index contributed by atoms with van der Waals surface area (Å²) < 4.78 is 5.66. The maximum atomic E-state index is 5.66. The number of nitrogens with one attached hydrogen (secondary N) is 1. The topological polar surface area (TPSA) is 24.5 Å². The second kappa shape index (κ2) is 4.40. The fraction of sp³-hybridized carbons (Fsp3) is 1.00. The Morgan fingerprint density at radius 3 is 2.92 bits per heavy atom. The highest BCUT2D eigenvalue weighted by molar-refractivity contribution is 4.79. The quantitative estimate of drug-likeness (QED) is 0.689. The molecule has 0 aromatic carbocycles. The van der Waals surface area contributed by atoms with Crippen LogP contribution in [0.5, 0.6) is 0 Å². The van der Waals surface area contributed by atoms with Gasteiger partial charge in [-0.05, 0) is 19.9 Å². The fourth-order valence-electron chi connectivity index (χ4n) is 1.90. The van der Waals surface area contributed by atoms with Gasteiger partial charge in [-0.1, -0.05) is 6.42 Å². The minimum atomic E-state index is 0.416. The SMILES string of the molecule is CN1CCO[C@H](CNC2CCC2)C1. The van der Waals surface area contributed by atoms with Gasteiger partial charge in [0, 0.05) is 25.7 Å². The Bertz CT molecular complexity index is 159. The van der Waals surface area contributed by atoms with Gasteiger partial charge >= 0.3 is 0 Å². The standard InChI is InChI=1S/C10H20N2O/c1-12-5-6-13-10(8-12)7-11-9-3-2-4-9/h9-11H,2-8H2,1H3/t10-/m1/s1. The molecule has 1 N–H and O–H groups in total. The first kappa shape index (κ1) is 9.44. The van der Waals surface area contributed by atoms with Crippen LogP contribution in [-0.2, 0) is 4.74 Å². The fourth-order valence-corrected chi connectivity index (χ4v) is 1.90. The van der Waals surface area contributed by atoms with Crippen molar-refractivity contribution in [2.75, 3.05) is 33.3 Å². The molecular formula is C10H20N2O. The number of nitrogens with zero attached hydrogens (tertiary/aromatic N) is 1. The number of likely N-dealkylation sites (N-methyl/N-ethyl adjacent to an activating group) is 1. The maximum absolute atomic E-state index is 5.66. The molecule has 13 heavy (non-hydrogen) atoms. The van der Waals surface area contributed by atoms with Gasteiger partial charge in [-0.3, -0.25) is 0 Å².